The number of amides is 1. The van der Waals surface area contributed by atoms with Crippen molar-refractivity contribution in [1.29, 1.82) is 0 Å². The van der Waals surface area contributed by atoms with Crippen molar-refractivity contribution < 1.29 is 28.9 Å². The van der Waals surface area contributed by atoms with Crippen LogP contribution >= 0.6 is 0 Å². The number of carbonyl (C=O) groups is 2. The molecule has 11 nitrogen and oxygen atoms in total. The Morgan fingerprint density at radius 3 is 2.59 bits per heavy atom. The van der Waals surface area contributed by atoms with E-state index < -0.39 is 11.9 Å². The molecule has 0 saturated heterocycles. The molecule has 2 N–H and O–H groups in total. The van der Waals surface area contributed by atoms with Gasteiger partial charge in [-0.2, -0.15) is 5.10 Å². The van der Waals surface area contributed by atoms with Crippen molar-refractivity contribution in [3.8, 4) is 17.4 Å². The molecule has 11 heteroatoms. The Kier molecular flexibility index (Phi) is 7.34. The van der Waals surface area contributed by atoms with Crippen LogP contribution in [0.25, 0.3) is 0 Å². The molecule has 1 unspecified atom stereocenters. The maximum absolute atomic E-state index is 12.8. The minimum Gasteiger partial charge on any atom is -0.488 e. The molecule has 2 aromatic heterocycles. The van der Waals surface area contributed by atoms with Crippen LogP contribution in [0.1, 0.15) is 34.7 Å². The lowest BCUT2D eigenvalue weighted by Gasteiger charge is -2.16. The number of aromatic carboxylic acids is 1. The first-order valence-electron chi connectivity index (χ1n) is 9.76. The molecular weight excluding hydrogens is 418 g/mol. The SMILES string of the molecule is CCn1ccc(NC(=O)c2cc(Oc3cnc(C(=O)O)cn3)cc(OC(C)COC)c2)n1. The number of nitrogens with zero attached hydrogens (tertiary/aromatic N) is 4. The molecule has 1 amide bonds. The maximum atomic E-state index is 12.8. The van der Waals surface area contributed by atoms with Gasteiger partial charge in [0.15, 0.2) is 11.5 Å². The first-order chi connectivity index (χ1) is 15.4. The number of carboxylic acid groups (broad SMARTS) is 1. The van der Waals surface area contributed by atoms with E-state index in [2.05, 4.69) is 20.4 Å². The average molecular weight is 441 g/mol. The quantitative estimate of drug-likeness (QED) is 0.486. The Morgan fingerprint density at radius 2 is 1.97 bits per heavy atom. The third kappa shape index (κ3) is 6.01. The summed E-state index contributed by atoms with van der Waals surface area (Å²) in [5.41, 5.74) is 0.0534. The summed E-state index contributed by atoms with van der Waals surface area (Å²) < 4.78 is 18.3. The van der Waals surface area contributed by atoms with Crippen molar-refractivity contribution in [2.45, 2.75) is 26.5 Å². The standard InChI is InChI=1S/C21H23N5O6/c1-4-26-6-5-18(25-26)24-20(27)14-7-15(31-13(2)12-30-3)9-16(8-14)32-19-11-22-17(10-23-19)21(28)29/h5-11,13H,4,12H2,1-3H3,(H,28,29)(H,24,25,27). The van der Waals surface area contributed by atoms with Gasteiger partial charge in [-0.1, -0.05) is 0 Å². The van der Waals surface area contributed by atoms with Crippen LogP contribution in [0, 0.1) is 0 Å². The van der Waals surface area contributed by atoms with Gasteiger partial charge >= 0.3 is 5.97 Å². The number of methoxy groups -OCH3 is 1. The number of aromatic nitrogens is 4. The van der Waals surface area contributed by atoms with Gasteiger partial charge in [0.1, 0.15) is 17.6 Å². The maximum Gasteiger partial charge on any atom is 0.356 e. The molecule has 0 aliphatic carbocycles. The van der Waals surface area contributed by atoms with Gasteiger partial charge < -0.3 is 24.6 Å². The van der Waals surface area contributed by atoms with E-state index in [-0.39, 0.29) is 29.0 Å². The summed E-state index contributed by atoms with van der Waals surface area (Å²) in [6, 6.07) is 6.36. The highest BCUT2D eigenvalue weighted by Crippen LogP contribution is 2.27. The van der Waals surface area contributed by atoms with Gasteiger partial charge in [-0.3, -0.25) is 9.48 Å². The van der Waals surface area contributed by atoms with Crippen LogP contribution in [0.5, 0.6) is 17.4 Å². The predicted molar refractivity (Wildman–Crippen MR) is 113 cm³/mol. The zero-order chi connectivity index (χ0) is 23.1. The minimum atomic E-state index is -1.20. The molecule has 0 spiro atoms. The van der Waals surface area contributed by atoms with Crippen molar-refractivity contribution >= 4 is 17.7 Å². The van der Waals surface area contributed by atoms with E-state index in [0.717, 1.165) is 6.20 Å². The van der Waals surface area contributed by atoms with Crippen molar-refractivity contribution in [3.63, 3.8) is 0 Å². The molecule has 0 aliphatic heterocycles. The number of carboxylic acids is 1. The highest BCUT2D eigenvalue weighted by molar-refractivity contribution is 6.04. The molecule has 0 bridgehead atoms. The summed E-state index contributed by atoms with van der Waals surface area (Å²) in [5.74, 6) is -0.497. The molecule has 0 fully saturated rings. The Bertz CT molecular complexity index is 1080. The molecule has 32 heavy (non-hydrogen) atoms. The van der Waals surface area contributed by atoms with Gasteiger partial charge in [-0.25, -0.2) is 14.8 Å². The van der Waals surface area contributed by atoms with Crippen LogP contribution in [0.2, 0.25) is 0 Å². The number of aryl methyl sites for hydroxylation is 1. The van der Waals surface area contributed by atoms with Crippen LogP contribution in [0.15, 0.2) is 42.9 Å². The van der Waals surface area contributed by atoms with Crippen LogP contribution in [-0.2, 0) is 11.3 Å². The summed E-state index contributed by atoms with van der Waals surface area (Å²) in [5, 5.41) is 15.9. The summed E-state index contributed by atoms with van der Waals surface area (Å²) in [4.78, 5) is 31.4. The zero-order valence-electron chi connectivity index (χ0n) is 17.8. The monoisotopic (exact) mass is 441 g/mol. The number of ether oxygens (including phenoxy) is 3. The van der Waals surface area contributed by atoms with Gasteiger partial charge in [0.2, 0.25) is 5.88 Å². The fraction of sp³-hybridized carbons (Fsp3) is 0.286. The van der Waals surface area contributed by atoms with E-state index in [1.54, 1.807) is 36.2 Å². The van der Waals surface area contributed by atoms with Crippen molar-refractivity contribution in [2.24, 2.45) is 0 Å². The van der Waals surface area contributed by atoms with Crippen molar-refractivity contribution in [3.05, 3.63) is 54.1 Å². The van der Waals surface area contributed by atoms with E-state index >= 15 is 0 Å². The molecule has 0 aliphatic rings. The van der Waals surface area contributed by atoms with Gasteiger partial charge in [-0.05, 0) is 26.0 Å². The first kappa shape index (κ1) is 22.7. The molecule has 168 valence electrons. The molecule has 3 rings (SSSR count). The fourth-order valence-electron chi connectivity index (χ4n) is 2.72. The number of hydrogen-bond acceptors (Lipinski definition) is 8. The molecule has 2 heterocycles. The lowest BCUT2D eigenvalue weighted by atomic mass is 10.2. The van der Waals surface area contributed by atoms with Gasteiger partial charge in [-0.15, -0.1) is 0 Å². The lowest BCUT2D eigenvalue weighted by molar-refractivity contribution is 0.0689. The number of nitrogens with one attached hydrogen (secondary N) is 1. The molecule has 0 radical (unpaired) electrons. The van der Waals surface area contributed by atoms with Gasteiger partial charge in [0.25, 0.3) is 5.91 Å². The topological polar surface area (TPSA) is 138 Å². The molecular formula is C21H23N5O6. The fourth-order valence-corrected chi connectivity index (χ4v) is 2.72. The van der Waals surface area contributed by atoms with Crippen LogP contribution in [0.4, 0.5) is 5.82 Å². The third-order valence-electron chi connectivity index (χ3n) is 4.16. The largest absolute Gasteiger partial charge is 0.488 e. The second kappa shape index (κ2) is 10.4. The number of benzene rings is 1. The van der Waals surface area contributed by atoms with Crippen LogP contribution in [0.3, 0.4) is 0 Å². The van der Waals surface area contributed by atoms with E-state index in [1.165, 1.54) is 12.3 Å². The predicted octanol–water partition coefficient (Wildman–Crippen LogP) is 2.85. The second-order valence-electron chi connectivity index (χ2n) is 6.73. The van der Waals surface area contributed by atoms with E-state index in [0.29, 0.717) is 24.7 Å². The number of rotatable bonds is 10. The normalized spacial score (nSPS) is 11.6. The van der Waals surface area contributed by atoms with E-state index in [1.807, 2.05) is 13.8 Å². The smallest absolute Gasteiger partial charge is 0.356 e. The van der Waals surface area contributed by atoms with Crippen LogP contribution < -0.4 is 14.8 Å². The second-order valence-corrected chi connectivity index (χ2v) is 6.73. The summed E-state index contributed by atoms with van der Waals surface area (Å²) in [6.07, 6.45) is 3.74. The minimum absolute atomic E-state index is 0.0603. The number of carbonyl (C=O) groups excluding carboxylic acids is 1. The van der Waals surface area contributed by atoms with E-state index in [4.69, 9.17) is 19.3 Å². The molecule has 3 aromatic rings. The number of anilines is 1. The van der Waals surface area contributed by atoms with Gasteiger partial charge in [0, 0.05) is 37.5 Å². The Hall–Kier alpha value is -3.99. The lowest BCUT2D eigenvalue weighted by Crippen LogP contribution is -2.18. The average Bonchev–Trinajstić information content (AvgIpc) is 3.21. The van der Waals surface area contributed by atoms with Gasteiger partial charge in [0.05, 0.1) is 19.0 Å². The third-order valence-corrected chi connectivity index (χ3v) is 4.16. The zero-order valence-corrected chi connectivity index (χ0v) is 17.8. The molecule has 1 atom stereocenters. The van der Waals surface area contributed by atoms with E-state index in [9.17, 15) is 9.59 Å². The highest BCUT2D eigenvalue weighted by Gasteiger charge is 2.15. The van der Waals surface area contributed by atoms with Crippen molar-refractivity contribution in [1.82, 2.24) is 19.7 Å². The Labute approximate surface area is 184 Å². The molecule has 0 saturated carbocycles. The highest BCUT2D eigenvalue weighted by atomic mass is 16.5. The number of hydrogen-bond donors (Lipinski definition) is 2. The summed E-state index contributed by atoms with van der Waals surface area (Å²) in [6.45, 7) is 4.79. The molecule has 1 aromatic carbocycles. The summed E-state index contributed by atoms with van der Waals surface area (Å²) in [7, 11) is 1.56. The first-order valence-corrected chi connectivity index (χ1v) is 9.76. The Morgan fingerprint density at radius 1 is 1.19 bits per heavy atom. The van der Waals surface area contributed by atoms with Crippen LogP contribution in [-0.4, -0.2) is 56.6 Å². The summed E-state index contributed by atoms with van der Waals surface area (Å²) >= 11 is 0. The van der Waals surface area contributed by atoms with Crippen molar-refractivity contribution in [2.75, 3.05) is 19.0 Å². The Balaban J connectivity index is 1.85.